The number of rotatable bonds is 5. The first-order valence-corrected chi connectivity index (χ1v) is 7.46. The molecule has 0 saturated heterocycles. The van der Waals surface area contributed by atoms with Crippen LogP contribution in [-0.4, -0.2) is 42.0 Å². The van der Waals surface area contributed by atoms with Crippen molar-refractivity contribution in [2.24, 2.45) is 14.1 Å². The Bertz CT molecular complexity index is 974. The molecule has 0 aliphatic heterocycles. The summed E-state index contributed by atoms with van der Waals surface area (Å²) in [6.45, 7) is 0.215. The van der Waals surface area contributed by atoms with E-state index in [0.29, 0.717) is 11.4 Å². The zero-order valence-corrected chi connectivity index (χ0v) is 13.9. The summed E-state index contributed by atoms with van der Waals surface area (Å²) in [5.41, 5.74) is -0.315. The SMILES string of the molecule is Cn1c(=O)c2c(ncn2CC(O)COc2ccccc2)n(C)c1=O.O. The molecule has 0 bridgehead atoms. The highest BCUT2D eigenvalue weighted by Crippen LogP contribution is 2.10. The van der Waals surface area contributed by atoms with Gasteiger partial charge in [0.05, 0.1) is 12.9 Å². The Balaban J connectivity index is 0.00000225. The number of aromatic nitrogens is 4. The van der Waals surface area contributed by atoms with E-state index < -0.39 is 17.4 Å². The standard InChI is InChI=1S/C16H18N4O4.H2O/c1-18-14-13(15(22)19(2)16(18)23)20(10-17-14)8-11(21)9-24-12-6-4-3-5-7-12;/h3-7,10-11,21H,8-9H2,1-2H3;1H2. The molecule has 0 aliphatic carbocycles. The predicted octanol–water partition coefficient (Wildman–Crippen LogP) is -0.951. The van der Waals surface area contributed by atoms with Gasteiger partial charge in [-0.3, -0.25) is 13.9 Å². The van der Waals surface area contributed by atoms with Gasteiger partial charge >= 0.3 is 5.69 Å². The van der Waals surface area contributed by atoms with Crippen molar-refractivity contribution in [3.63, 3.8) is 0 Å². The molecule has 3 rings (SSSR count). The molecule has 2 aromatic heterocycles. The second-order valence-electron chi connectivity index (χ2n) is 5.55. The van der Waals surface area contributed by atoms with Crippen LogP contribution < -0.4 is 16.0 Å². The highest BCUT2D eigenvalue weighted by molar-refractivity contribution is 5.69. The molecule has 3 aromatic rings. The summed E-state index contributed by atoms with van der Waals surface area (Å²) in [7, 11) is 2.97. The van der Waals surface area contributed by atoms with Crippen LogP contribution in [0, 0.1) is 0 Å². The number of aliphatic hydroxyl groups excluding tert-OH is 1. The number of hydrogen-bond acceptors (Lipinski definition) is 5. The normalized spacial score (nSPS) is 12.0. The van der Waals surface area contributed by atoms with Gasteiger partial charge in [-0.15, -0.1) is 0 Å². The first kappa shape index (κ1) is 18.4. The average Bonchev–Trinajstić information content (AvgIpc) is 3.01. The van der Waals surface area contributed by atoms with E-state index in [4.69, 9.17) is 4.74 Å². The quantitative estimate of drug-likeness (QED) is 0.637. The number of fused-ring (bicyclic) bond motifs is 1. The minimum absolute atomic E-state index is 0. The van der Waals surface area contributed by atoms with Crippen LogP contribution >= 0.6 is 0 Å². The number of nitrogens with zero attached hydrogens (tertiary/aromatic N) is 4. The molecule has 1 aromatic carbocycles. The second-order valence-corrected chi connectivity index (χ2v) is 5.55. The number of para-hydroxylation sites is 1. The first-order valence-electron chi connectivity index (χ1n) is 7.46. The summed E-state index contributed by atoms with van der Waals surface area (Å²) in [4.78, 5) is 28.3. The Morgan fingerprint density at radius 2 is 1.84 bits per heavy atom. The van der Waals surface area contributed by atoms with Crippen molar-refractivity contribution >= 4 is 11.2 Å². The lowest BCUT2D eigenvalue weighted by Crippen LogP contribution is -2.38. The molecule has 9 heteroatoms. The molecule has 1 atom stereocenters. The monoisotopic (exact) mass is 348 g/mol. The number of aryl methyl sites for hydroxylation is 1. The molecule has 0 amide bonds. The van der Waals surface area contributed by atoms with Crippen molar-refractivity contribution in [3.8, 4) is 5.75 Å². The minimum Gasteiger partial charge on any atom is -0.491 e. The van der Waals surface area contributed by atoms with E-state index in [1.165, 1.54) is 22.5 Å². The number of benzene rings is 1. The van der Waals surface area contributed by atoms with E-state index in [1.54, 1.807) is 19.2 Å². The first-order chi connectivity index (χ1) is 11.5. The van der Waals surface area contributed by atoms with Crippen molar-refractivity contribution in [1.29, 1.82) is 0 Å². The topological polar surface area (TPSA) is 123 Å². The summed E-state index contributed by atoms with van der Waals surface area (Å²) in [6.07, 6.45) is 0.613. The van der Waals surface area contributed by atoms with E-state index in [1.807, 2.05) is 18.2 Å². The molecular formula is C16H20N4O5. The van der Waals surface area contributed by atoms with Crippen LogP contribution in [0.4, 0.5) is 0 Å². The molecule has 3 N–H and O–H groups in total. The van der Waals surface area contributed by atoms with E-state index in [9.17, 15) is 14.7 Å². The molecule has 9 nitrogen and oxygen atoms in total. The zero-order chi connectivity index (χ0) is 17.3. The lowest BCUT2D eigenvalue weighted by atomic mass is 10.3. The zero-order valence-electron chi connectivity index (χ0n) is 13.9. The molecular weight excluding hydrogens is 328 g/mol. The Morgan fingerprint density at radius 1 is 1.16 bits per heavy atom. The van der Waals surface area contributed by atoms with E-state index in [-0.39, 0.29) is 24.1 Å². The summed E-state index contributed by atoms with van der Waals surface area (Å²) >= 11 is 0. The summed E-state index contributed by atoms with van der Waals surface area (Å²) in [6, 6.07) is 9.15. The van der Waals surface area contributed by atoms with Crippen LogP contribution in [0.15, 0.2) is 46.2 Å². The smallest absolute Gasteiger partial charge is 0.332 e. The van der Waals surface area contributed by atoms with Crippen LogP contribution in [0.3, 0.4) is 0 Å². The van der Waals surface area contributed by atoms with Crippen LogP contribution in [0.1, 0.15) is 0 Å². The lowest BCUT2D eigenvalue weighted by Gasteiger charge is -2.13. The molecule has 134 valence electrons. The van der Waals surface area contributed by atoms with Crippen molar-refractivity contribution in [2.75, 3.05) is 6.61 Å². The van der Waals surface area contributed by atoms with Gasteiger partial charge in [-0.05, 0) is 12.1 Å². The lowest BCUT2D eigenvalue weighted by molar-refractivity contribution is 0.0933. The third kappa shape index (κ3) is 3.47. The Hall–Kier alpha value is -2.91. The molecule has 0 fully saturated rings. The Labute approximate surface area is 142 Å². The maximum atomic E-state index is 12.3. The second kappa shape index (κ2) is 7.32. The van der Waals surface area contributed by atoms with E-state index in [2.05, 4.69) is 4.98 Å². The molecule has 0 spiro atoms. The third-order valence-corrected chi connectivity index (χ3v) is 3.81. The Morgan fingerprint density at radius 3 is 2.52 bits per heavy atom. The Kier molecular flexibility index (Phi) is 5.40. The van der Waals surface area contributed by atoms with Gasteiger partial charge in [-0.25, -0.2) is 9.78 Å². The van der Waals surface area contributed by atoms with Crippen LogP contribution in [-0.2, 0) is 20.6 Å². The maximum absolute atomic E-state index is 12.3. The fourth-order valence-corrected chi connectivity index (χ4v) is 2.52. The van der Waals surface area contributed by atoms with Crippen LogP contribution in [0.5, 0.6) is 5.75 Å². The number of ether oxygens (including phenoxy) is 1. The van der Waals surface area contributed by atoms with E-state index >= 15 is 0 Å². The fraction of sp³-hybridized carbons (Fsp3) is 0.312. The van der Waals surface area contributed by atoms with Gasteiger partial charge in [-0.2, -0.15) is 0 Å². The van der Waals surface area contributed by atoms with Crippen molar-refractivity contribution in [2.45, 2.75) is 12.6 Å². The predicted molar refractivity (Wildman–Crippen MR) is 91.8 cm³/mol. The highest BCUT2D eigenvalue weighted by Gasteiger charge is 2.16. The molecule has 25 heavy (non-hydrogen) atoms. The van der Waals surface area contributed by atoms with Gasteiger partial charge in [0.2, 0.25) is 0 Å². The van der Waals surface area contributed by atoms with Crippen LogP contribution in [0.25, 0.3) is 11.2 Å². The maximum Gasteiger partial charge on any atom is 0.332 e. The fourth-order valence-electron chi connectivity index (χ4n) is 2.52. The van der Waals surface area contributed by atoms with Crippen molar-refractivity contribution < 1.29 is 15.3 Å². The number of imidazole rings is 1. The molecule has 0 radical (unpaired) electrons. The summed E-state index contributed by atoms with van der Waals surface area (Å²) in [5.74, 6) is 0.658. The van der Waals surface area contributed by atoms with Gasteiger partial charge < -0.3 is 19.9 Å². The highest BCUT2D eigenvalue weighted by atomic mass is 16.5. The number of hydrogen-bond donors (Lipinski definition) is 1. The largest absolute Gasteiger partial charge is 0.491 e. The van der Waals surface area contributed by atoms with Crippen molar-refractivity contribution in [3.05, 3.63) is 57.5 Å². The van der Waals surface area contributed by atoms with E-state index in [0.717, 1.165) is 4.57 Å². The molecule has 2 heterocycles. The van der Waals surface area contributed by atoms with Gasteiger partial charge in [0, 0.05) is 14.1 Å². The third-order valence-electron chi connectivity index (χ3n) is 3.81. The average molecular weight is 348 g/mol. The van der Waals surface area contributed by atoms with Gasteiger partial charge in [-0.1, -0.05) is 18.2 Å². The molecule has 1 unspecified atom stereocenters. The molecule has 0 aliphatic rings. The number of aliphatic hydroxyl groups is 1. The minimum atomic E-state index is -0.829. The van der Waals surface area contributed by atoms with Gasteiger partial charge in [0.15, 0.2) is 11.2 Å². The van der Waals surface area contributed by atoms with Crippen molar-refractivity contribution in [1.82, 2.24) is 18.7 Å². The van der Waals surface area contributed by atoms with Gasteiger partial charge in [0.25, 0.3) is 5.56 Å². The molecule has 0 saturated carbocycles. The van der Waals surface area contributed by atoms with Gasteiger partial charge in [0.1, 0.15) is 18.5 Å². The van der Waals surface area contributed by atoms with Crippen LogP contribution in [0.2, 0.25) is 0 Å². The summed E-state index contributed by atoms with van der Waals surface area (Å²) in [5, 5.41) is 10.2. The summed E-state index contributed by atoms with van der Waals surface area (Å²) < 4.78 is 9.37.